The van der Waals surface area contributed by atoms with Crippen molar-refractivity contribution < 1.29 is 13.2 Å². The molecule has 19 heavy (non-hydrogen) atoms. The van der Waals surface area contributed by atoms with E-state index < -0.39 is 23.5 Å². The minimum absolute atomic E-state index is 0.127. The summed E-state index contributed by atoms with van der Waals surface area (Å²) < 4.78 is 40.2. The van der Waals surface area contributed by atoms with E-state index in [-0.39, 0.29) is 5.56 Å². The van der Waals surface area contributed by atoms with Gasteiger partial charge in [0.2, 0.25) is 0 Å². The highest BCUT2D eigenvalue weighted by atomic mass is 32.1. The van der Waals surface area contributed by atoms with Gasteiger partial charge in [0.1, 0.15) is 5.82 Å². The number of hydrogen-bond acceptors (Lipinski definition) is 2. The summed E-state index contributed by atoms with van der Waals surface area (Å²) in [6.07, 6.45) is 0. The van der Waals surface area contributed by atoms with Gasteiger partial charge in [-0.2, -0.15) is 0 Å². The molecule has 2 aromatic rings. The van der Waals surface area contributed by atoms with Crippen molar-refractivity contribution >= 4 is 11.3 Å². The molecule has 102 valence electrons. The van der Waals surface area contributed by atoms with Crippen LogP contribution in [0.25, 0.3) is 0 Å². The number of aryl methyl sites for hydroxylation is 1. The molecule has 0 aliphatic heterocycles. The molecule has 2 rings (SSSR count). The summed E-state index contributed by atoms with van der Waals surface area (Å²) in [6.45, 7) is 4.42. The third-order valence-corrected chi connectivity index (χ3v) is 3.87. The first-order valence-corrected chi connectivity index (χ1v) is 6.78. The molecule has 5 heteroatoms. The van der Waals surface area contributed by atoms with Gasteiger partial charge in [-0.1, -0.05) is 6.92 Å². The van der Waals surface area contributed by atoms with Crippen molar-refractivity contribution in [1.29, 1.82) is 0 Å². The van der Waals surface area contributed by atoms with Crippen LogP contribution in [-0.2, 0) is 0 Å². The van der Waals surface area contributed by atoms with Crippen molar-refractivity contribution in [2.45, 2.75) is 19.9 Å². The predicted octanol–water partition coefficient (Wildman–Crippen LogP) is 4.17. The average Bonchev–Trinajstić information content (AvgIpc) is 2.78. The molecule has 0 fully saturated rings. The number of nitrogens with one attached hydrogen (secondary N) is 1. The van der Waals surface area contributed by atoms with E-state index in [2.05, 4.69) is 5.32 Å². The molecule has 0 aliphatic carbocycles. The molecule has 1 unspecified atom stereocenters. The number of thiophene rings is 1. The Kier molecular flexibility index (Phi) is 4.27. The Morgan fingerprint density at radius 3 is 2.37 bits per heavy atom. The quantitative estimate of drug-likeness (QED) is 0.831. The van der Waals surface area contributed by atoms with Crippen LogP contribution in [0.2, 0.25) is 0 Å². The molecule has 1 nitrogen and oxygen atoms in total. The monoisotopic (exact) mass is 285 g/mol. The van der Waals surface area contributed by atoms with Crippen LogP contribution < -0.4 is 5.32 Å². The third kappa shape index (κ3) is 2.98. The SMILES string of the molecule is CCNC(c1ccc(C)s1)c1cc(F)c(F)cc1F. The molecule has 1 N–H and O–H groups in total. The Hall–Kier alpha value is -1.33. The van der Waals surface area contributed by atoms with Crippen molar-refractivity contribution in [2.75, 3.05) is 6.54 Å². The summed E-state index contributed by atoms with van der Waals surface area (Å²) in [5.74, 6) is -2.94. The zero-order chi connectivity index (χ0) is 14.0. The average molecular weight is 285 g/mol. The van der Waals surface area contributed by atoms with Crippen LogP contribution in [0.3, 0.4) is 0 Å². The summed E-state index contributed by atoms with van der Waals surface area (Å²) in [5, 5.41) is 3.10. The summed E-state index contributed by atoms with van der Waals surface area (Å²) in [5.41, 5.74) is 0.127. The van der Waals surface area contributed by atoms with Gasteiger partial charge < -0.3 is 5.32 Å². The zero-order valence-corrected chi connectivity index (χ0v) is 11.5. The maximum absolute atomic E-state index is 13.9. The molecule has 0 aliphatic rings. The molecular weight excluding hydrogens is 271 g/mol. The smallest absolute Gasteiger partial charge is 0.161 e. The number of benzene rings is 1. The van der Waals surface area contributed by atoms with Crippen LogP contribution in [-0.4, -0.2) is 6.54 Å². The molecular formula is C14H14F3NS. The Labute approximate surface area is 114 Å². The fraction of sp³-hybridized carbons (Fsp3) is 0.286. The zero-order valence-electron chi connectivity index (χ0n) is 10.6. The minimum atomic E-state index is -1.17. The second-order valence-corrected chi connectivity index (χ2v) is 5.55. The van der Waals surface area contributed by atoms with Gasteiger partial charge in [-0.25, -0.2) is 13.2 Å². The van der Waals surface area contributed by atoms with Crippen LogP contribution >= 0.6 is 11.3 Å². The van der Waals surface area contributed by atoms with Crippen LogP contribution in [0.15, 0.2) is 24.3 Å². The first-order valence-electron chi connectivity index (χ1n) is 5.97. The molecule has 1 atom stereocenters. The van der Waals surface area contributed by atoms with Crippen molar-refractivity contribution in [3.05, 3.63) is 57.0 Å². The summed E-state index contributed by atoms with van der Waals surface area (Å²) in [7, 11) is 0. The Balaban J connectivity index is 2.47. The summed E-state index contributed by atoms with van der Waals surface area (Å²) in [4.78, 5) is 1.96. The van der Waals surface area contributed by atoms with Crippen molar-refractivity contribution in [1.82, 2.24) is 5.32 Å². The predicted molar refractivity (Wildman–Crippen MR) is 70.9 cm³/mol. The highest BCUT2D eigenvalue weighted by Gasteiger charge is 2.21. The molecule has 0 saturated carbocycles. The number of halogens is 3. The van der Waals surface area contributed by atoms with Gasteiger partial charge in [-0.15, -0.1) is 11.3 Å². The van der Waals surface area contributed by atoms with E-state index in [0.717, 1.165) is 15.8 Å². The molecule has 0 bridgehead atoms. The lowest BCUT2D eigenvalue weighted by molar-refractivity contribution is 0.482. The van der Waals surface area contributed by atoms with Gasteiger partial charge in [-0.3, -0.25) is 0 Å². The Morgan fingerprint density at radius 1 is 1.11 bits per heavy atom. The van der Waals surface area contributed by atoms with Crippen molar-refractivity contribution in [3.8, 4) is 0 Å². The van der Waals surface area contributed by atoms with E-state index in [0.29, 0.717) is 12.6 Å². The van der Waals surface area contributed by atoms with E-state index >= 15 is 0 Å². The molecule has 1 aromatic heterocycles. The van der Waals surface area contributed by atoms with Gasteiger partial charge in [0.15, 0.2) is 11.6 Å². The van der Waals surface area contributed by atoms with Crippen LogP contribution in [0, 0.1) is 24.4 Å². The Bertz CT molecular complexity index is 580. The lowest BCUT2D eigenvalue weighted by atomic mass is 10.0. The maximum atomic E-state index is 13.9. The van der Waals surface area contributed by atoms with Crippen LogP contribution in [0.1, 0.15) is 28.3 Å². The third-order valence-electron chi connectivity index (χ3n) is 2.80. The summed E-state index contributed by atoms with van der Waals surface area (Å²) in [6, 6.07) is 4.84. The topological polar surface area (TPSA) is 12.0 Å². The number of rotatable bonds is 4. The van der Waals surface area contributed by atoms with E-state index in [1.807, 2.05) is 26.0 Å². The largest absolute Gasteiger partial charge is 0.306 e. The van der Waals surface area contributed by atoms with Gasteiger partial charge >= 0.3 is 0 Å². The van der Waals surface area contributed by atoms with Crippen LogP contribution in [0.4, 0.5) is 13.2 Å². The van der Waals surface area contributed by atoms with E-state index in [4.69, 9.17) is 0 Å². The molecule has 0 saturated heterocycles. The van der Waals surface area contributed by atoms with Gasteiger partial charge in [-0.05, 0) is 31.7 Å². The fourth-order valence-corrected chi connectivity index (χ4v) is 2.91. The van der Waals surface area contributed by atoms with Gasteiger partial charge in [0, 0.05) is 21.4 Å². The van der Waals surface area contributed by atoms with Gasteiger partial charge in [0.05, 0.1) is 6.04 Å². The minimum Gasteiger partial charge on any atom is -0.306 e. The first kappa shape index (κ1) is 14.1. The molecule has 1 aromatic carbocycles. The molecule has 0 amide bonds. The lowest BCUT2D eigenvalue weighted by Gasteiger charge is -2.18. The first-order chi connectivity index (χ1) is 9.02. The molecule has 0 spiro atoms. The highest BCUT2D eigenvalue weighted by molar-refractivity contribution is 7.12. The van der Waals surface area contributed by atoms with Crippen LogP contribution in [0.5, 0.6) is 0 Å². The Morgan fingerprint density at radius 2 is 1.79 bits per heavy atom. The number of hydrogen-bond donors (Lipinski definition) is 1. The van der Waals surface area contributed by atoms with E-state index in [1.54, 1.807) is 0 Å². The second kappa shape index (κ2) is 5.75. The maximum Gasteiger partial charge on any atom is 0.161 e. The van der Waals surface area contributed by atoms with Crippen molar-refractivity contribution in [2.24, 2.45) is 0 Å². The fourth-order valence-electron chi connectivity index (χ4n) is 1.94. The highest BCUT2D eigenvalue weighted by Crippen LogP contribution is 2.30. The van der Waals surface area contributed by atoms with E-state index in [9.17, 15) is 13.2 Å². The van der Waals surface area contributed by atoms with Crippen molar-refractivity contribution in [3.63, 3.8) is 0 Å². The molecule has 1 heterocycles. The van der Waals surface area contributed by atoms with Gasteiger partial charge in [0.25, 0.3) is 0 Å². The molecule has 0 radical (unpaired) electrons. The summed E-state index contributed by atoms with van der Waals surface area (Å²) >= 11 is 1.50. The normalized spacial score (nSPS) is 12.7. The van der Waals surface area contributed by atoms with E-state index in [1.165, 1.54) is 11.3 Å². The lowest BCUT2D eigenvalue weighted by Crippen LogP contribution is -2.22. The second-order valence-electron chi connectivity index (χ2n) is 4.23. The standard InChI is InChI=1S/C14H14F3NS/c1-3-18-14(13-5-4-8(2)19-13)9-6-11(16)12(17)7-10(9)15/h4-7,14,18H,3H2,1-2H3.